The van der Waals surface area contributed by atoms with Crippen molar-refractivity contribution in [2.45, 2.75) is 110 Å². The van der Waals surface area contributed by atoms with Gasteiger partial charge >= 0.3 is 0 Å². The number of carbonyl (C=O) groups excluding carboxylic acids is 2. The van der Waals surface area contributed by atoms with Crippen molar-refractivity contribution >= 4 is 11.9 Å². The van der Waals surface area contributed by atoms with E-state index in [1.54, 1.807) is 0 Å². The first kappa shape index (κ1) is 27.0. The molecule has 0 unspecified atom stereocenters. The number of hydrogen-bond acceptors (Lipinski definition) is 5. The van der Waals surface area contributed by atoms with E-state index < -0.39 is 11.9 Å². The van der Waals surface area contributed by atoms with Crippen LogP contribution < -0.4 is 14.9 Å². The highest BCUT2D eigenvalue weighted by Crippen LogP contribution is 2.18. The Labute approximate surface area is 188 Å². The van der Waals surface area contributed by atoms with Gasteiger partial charge in [-0.15, -0.1) is 0 Å². The monoisotopic (exact) mass is 432 g/mol. The molecule has 0 saturated heterocycles. The Hall–Kier alpha value is -2.04. The molecule has 0 spiro atoms. The molecule has 0 N–H and O–H groups in total. The van der Waals surface area contributed by atoms with Crippen LogP contribution in [0, 0.1) is 0 Å². The highest BCUT2D eigenvalue weighted by Gasteiger charge is 2.04. The summed E-state index contributed by atoms with van der Waals surface area (Å²) in [5, 5.41) is 22.0. The van der Waals surface area contributed by atoms with Gasteiger partial charge in [0.2, 0.25) is 0 Å². The molecule has 0 bridgehead atoms. The third-order valence-electron chi connectivity index (χ3n) is 5.64. The number of aromatic carboxylic acids is 2. The fraction of sp³-hybridized carbons (Fsp3) is 0.692. The highest BCUT2D eigenvalue weighted by molar-refractivity contribution is 5.92. The van der Waals surface area contributed by atoms with E-state index >= 15 is 0 Å². The second-order valence-corrected chi connectivity index (χ2v) is 8.47. The van der Waals surface area contributed by atoms with Crippen LogP contribution in [0.25, 0.3) is 0 Å². The van der Waals surface area contributed by atoms with Crippen LogP contribution in [-0.2, 0) is 0 Å². The van der Waals surface area contributed by atoms with E-state index in [0.29, 0.717) is 6.61 Å². The summed E-state index contributed by atoms with van der Waals surface area (Å²) in [5.74, 6) is -2.65. The molecule has 176 valence electrons. The van der Waals surface area contributed by atoms with Crippen LogP contribution in [0.4, 0.5) is 0 Å². The van der Waals surface area contributed by atoms with Crippen molar-refractivity contribution in [3.63, 3.8) is 0 Å². The van der Waals surface area contributed by atoms with Crippen molar-refractivity contribution in [1.29, 1.82) is 0 Å². The molecule has 0 fully saturated rings. The molecule has 0 heterocycles. The highest BCUT2D eigenvalue weighted by atomic mass is 16.5. The Bertz CT molecular complexity index is 594. The van der Waals surface area contributed by atoms with Gasteiger partial charge in [-0.25, -0.2) is 0 Å². The number of hydrogen-bond donors (Lipinski definition) is 0. The van der Waals surface area contributed by atoms with Gasteiger partial charge < -0.3 is 24.5 Å². The molecule has 1 aromatic rings. The van der Waals surface area contributed by atoms with Crippen LogP contribution >= 0.6 is 0 Å². The molecule has 5 heteroatoms. The van der Waals surface area contributed by atoms with Crippen LogP contribution in [0.3, 0.4) is 0 Å². The summed E-state index contributed by atoms with van der Waals surface area (Å²) < 4.78 is 5.52. The standard InChI is InChI=1S/C26H42O5/c1-2-3-4-5-6-7-8-9-10-11-12-13-14-15-16-17-18-31-24-20-22(25(27)28)19-23(21-24)26(29)30/h19-21H,2-18H2,1H3,(H,27,28)(H,29,30)/p-2. The Morgan fingerprint density at radius 2 is 0.968 bits per heavy atom. The number of carbonyl (C=O) groups is 2. The number of ether oxygens (including phenoxy) is 1. The lowest BCUT2D eigenvalue weighted by Gasteiger charge is -2.12. The van der Waals surface area contributed by atoms with Crippen LogP contribution in [0.1, 0.15) is 130 Å². The minimum absolute atomic E-state index is 0.219. The van der Waals surface area contributed by atoms with Gasteiger partial charge in [-0.1, -0.05) is 103 Å². The van der Waals surface area contributed by atoms with Crippen molar-refractivity contribution in [3.8, 4) is 5.75 Å². The largest absolute Gasteiger partial charge is 0.545 e. The molecule has 5 nitrogen and oxygen atoms in total. The van der Waals surface area contributed by atoms with Crippen molar-refractivity contribution in [2.24, 2.45) is 0 Å². The molecule has 0 aliphatic heterocycles. The summed E-state index contributed by atoms with van der Waals surface area (Å²) in [6.07, 6.45) is 20.7. The van der Waals surface area contributed by atoms with Crippen molar-refractivity contribution in [2.75, 3.05) is 6.61 Å². The minimum Gasteiger partial charge on any atom is -0.545 e. The van der Waals surface area contributed by atoms with Gasteiger partial charge in [0, 0.05) is 11.1 Å². The normalized spacial score (nSPS) is 10.9. The third-order valence-corrected chi connectivity index (χ3v) is 5.64. The summed E-state index contributed by atoms with van der Waals surface area (Å²) in [4.78, 5) is 22.0. The number of rotatable bonds is 20. The van der Waals surface area contributed by atoms with Gasteiger partial charge in [0.25, 0.3) is 0 Å². The smallest absolute Gasteiger partial charge is 0.120 e. The molecule has 1 rings (SSSR count). The topological polar surface area (TPSA) is 89.5 Å². The van der Waals surface area contributed by atoms with E-state index in [1.165, 1.54) is 95.6 Å². The molecule has 0 atom stereocenters. The van der Waals surface area contributed by atoms with Gasteiger partial charge in [-0.2, -0.15) is 0 Å². The molecule has 0 radical (unpaired) electrons. The molecule has 0 amide bonds. The SMILES string of the molecule is CCCCCCCCCCCCCCCCCCOc1cc(C(=O)[O-])cc(C(=O)[O-])c1. The Morgan fingerprint density at radius 1 is 0.613 bits per heavy atom. The van der Waals surface area contributed by atoms with Crippen LogP contribution in [0.2, 0.25) is 0 Å². The molecule has 1 aromatic carbocycles. The van der Waals surface area contributed by atoms with E-state index in [2.05, 4.69) is 6.92 Å². The second kappa shape index (κ2) is 17.6. The second-order valence-electron chi connectivity index (χ2n) is 8.47. The average Bonchev–Trinajstić information content (AvgIpc) is 2.75. The lowest BCUT2D eigenvalue weighted by Crippen LogP contribution is -2.25. The lowest BCUT2D eigenvalue weighted by molar-refractivity contribution is -0.255. The van der Waals surface area contributed by atoms with Crippen molar-refractivity contribution < 1.29 is 24.5 Å². The Morgan fingerprint density at radius 3 is 1.32 bits per heavy atom. The quantitative estimate of drug-likeness (QED) is 0.269. The van der Waals surface area contributed by atoms with Crippen molar-refractivity contribution in [1.82, 2.24) is 0 Å². The zero-order valence-corrected chi connectivity index (χ0v) is 19.3. The fourth-order valence-electron chi connectivity index (χ4n) is 3.76. The maximum absolute atomic E-state index is 11.0. The number of unbranched alkanes of at least 4 members (excludes halogenated alkanes) is 15. The molecule has 0 aromatic heterocycles. The van der Waals surface area contributed by atoms with Crippen LogP contribution in [0.5, 0.6) is 5.75 Å². The van der Waals surface area contributed by atoms with E-state index in [1.807, 2.05) is 0 Å². The van der Waals surface area contributed by atoms with Gasteiger partial charge in [0.1, 0.15) is 5.75 Å². The number of benzene rings is 1. The molecular formula is C26H40O5-2. The maximum Gasteiger partial charge on any atom is 0.120 e. The maximum atomic E-state index is 11.0. The molecule has 0 saturated carbocycles. The van der Waals surface area contributed by atoms with E-state index in [9.17, 15) is 19.8 Å². The Kier molecular flexibility index (Phi) is 15.3. The first-order chi connectivity index (χ1) is 15.0. The lowest BCUT2D eigenvalue weighted by atomic mass is 10.0. The van der Waals surface area contributed by atoms with Gasteiger partial charge in [0.15, 0.2) is 0 Å². The number of carboxylic acids is 2. The Balaban J connectivity index is 1.97. The van der Waals surface area contributed by atoms with Crippen LogP contribution in [-0.4, -0.2) is 18.5 Å². The summed E-state index contributed by atoms with van der Waals surface area (Å²) in [6, 6.07) is 3.59. The van der Waals surface area contributed by atoms with E-state index in [-0.39, 0.29) is 16.9 Å². The zero-order valence-electron chi connectivity index (χ0n) is 19.3. The summed E-state index contributed by atoms with van der Waals surface area (Å²) in [5.41, 5.74) is -0.438. The summed E-state index contributed by atoms with van der Waals surface area (Å²) in [6.45, 7) is 2.69. The van der Waals surface area contributed by atoms with E-state index in [4.69, 9.17) is 4.74 Å². The minimum atomic E-state index is -1.43. The molecule has 31 heavy (non-hydrogen) atoms. The zero-order chi connectivity index (χ0) is 22.7. The fourth-order valence-corrected chi connectivity index (χ4v) is 3.76. The first-order valence-electron chi connectivity index (χ1n) is 12.2. The predicted molar refractivity (Wildman–Crippen MR) is 120 cm³/mol. The van der Waals surface area contributed by atoms with Gasteiger partial charge in [-0.05, 0) is 24.6 Å². The van der Waals surface area contributed by atoms with Gasteiger partial charge in [-0.3, -0.25) is 0 Å². The predicted octanol–water partition coefficient (Wildman–Crippen LogP) is 5.05. The van der Waals surface area contributed by atoms with Crippen LogP contribution in [0.15, 0.2) is 18.2 Å². The van der Waals surface area contributed by atoms with Gasteiger partial charge in [0.05, 0.1) is 18.5 Å². The average molecular weight is 433 g/mol. The summed E-state index contributed by atoms with van der Waals surface area (Å²) in [7, 11) is 0. The molecule has 0 aliphatic carbocycles. The molecule has 0 aliphatic rings. The van der Waals surface area contributed by atoms with E-state index in [0.717, 1.165) is 25.3 Å². The first-order valence-corrected chi connectivity index (χ1v) is 12.2. The molecular weight excluding hydrogens is 392 g/mol. The number of carboxylic acid groups (broad SMARTS) is 2. The third kappa shape index (κ3) is 13.8. The summed E-state index contributed by atoms with van der Waals surface area (Å²) >= 11 is 0. The van der Waals surface area contributed by atoms with Crippen molar-refractivity contribution in [3.05, 3.63) is 29.3 Å².